The summed E-state index contributed by atoms with van der Waals surface area (Å²) in [4.78, 5) is 1.07. The summed E-state index contributed by atoms with van der Waals surface area (Å²) in [5, 5.41) is 6.72. The molecule has 0 aliphatic rings. The smallest absolute Gasteiger partial charge is 0.0709 e. The lowest BCUT2D eigenvalue weighted by molar-refractivity contribution is 0.701. The molecule has 2 aromatic rings. The Hall–Kier alpha value is -0.0600. The highest BCUT2D eigenvalue weighted by Crippen LogP contribution is 2.38. The fourth-order valence-corrected chi connectivity index (χ4v) is 3.98. The van der Waals surface area contributed by atoms with Crippen LogP contribution in [0.15, 0.2) is 34.1 Å². The number of hydrogen-bond donors (Lipinski definition) is 1. The van der Waals surface area contributed by atoms with Gasteiger partial charge in [-0.15, -0.1) is 11.3 Å². The summed E-state index contributed by atoms with van der Waals surface area (Å²) in [7, 11) is 1.90. The number of hydrogen-bond acceptors (Lipinski definition) is 2. The van der Waals surface area contributed by atoms with Gasteiger partial charge in [0.15, 0.2) is 0 Å². The van der Waals surface area contributed by atoms with E-state index in [4.69, 9.17) is 23.2 Å². The lowest BCUT2D eigenvalue weighted by atomic mass is 10.1. The fourth-order valence-electron chi connectivity index (χ4n) is 1.70. The van der Waals surface area contributed by atoms with Gasteiger partial charge in [-0.2, -0.15) is 0 Å². The van der Waals surface area contributed by atoms with Crippen LogP contribution in [0.25, 0.3) is 0 Å². The number of halogens is 3. The van der Waals surface area contributed by atoms with E-state index in [9.17, 15) is 0 Å². The van der Waals surface area contributed by atoms with Gasteiger partial charge in [0.1, 0.15) is 0 Å². The first-order valence-electron chi connectivity index (χ1n) is 4.99. The largest absolute Gasteiger partial charge is 0.309 e. The third kappa shape index (κ3) is 2.69. The van der Waals surface area contributed by atoms with Crippen molar-refractivity contribution in [3.63, 3.8) is 0 Å². The molecular weight excluding hydrogens is 341 g/mol. The second-order valence-electron chi connectivity index (χ2n) is 3.49. The molecule has 0 bridgehead atoms. The summed E-state index contributed by atoms with van der Waals surface area (Å²) in [5.74, 6) is 0. The topological polar surface area (TPSA) is 12.0 Å². The third-order valence-corrected chi connectivity index (χ3v) is 4.93. The van der Waals surface area contributed by atoms with Crippen molar-refractivity contribution >= 4 is 50.5 Å². The Bertz CT molecular complexity index is 507. The first kappa shape index (κ1) is 13.4. The quantitative estimate of drug-likeness (QED) is 0.809. The molecule has 1 heterocycles. The summed E-state index contributed by atoms with van der Waals surface area (Å²) in [5.41, 5.74) is 1.01. The van der Waals surface area contributed by atoms with Crippen molar-refractivity contribution in [3.05, 3.63) is 54.6 Å². The van der Waals surface area contributed by atoms with Gasteiger partial charge in [0.2, 0.25) is 0 Å². The van der Waals surface area contributed by atoms with Crippen LogP contribution in [-0.4, -0.2) is 7.05 Å². The molecule has 2 rings (SSSR count). The molecule has 5 heteroatoms. The Morgan fingerprint density at radius 3 is 2.53 bits per heavy atom. The number of nitrogens with one attached hydrogen (secondary N) is 1. The SMILES string of the molecule is CNC(c1sccc1Cl)c1c(Cl)cccc1Br. The monoisotopic (exact) mass is 349 g/mol. The normalized spacial score (nSPS) is 12.7. The minimum atomic E-state index is 0.00516. The van der Waals surface area contributed by atoms with Gasteiger partial charge in [-0.05, 0) is 30.6 Å². The highest BCUT2D eigenvalue weighted by atomic mass is 79.9. The summed E-state index contributed by atoms with van der Waals surface area (Å²) >= 11 is 17.6. The van der Waals surface area contributed by atoms with E-state index in [0.717, 1.165) is 25.0 Å². The summed E-state index contributed by atoms with van der Waals surface area (Å²) in [6, 6.07) is 7.68. The standard InChI is InChI=1S/C12H10BrCl2NS/c1-16-11(12-9(15)5-6-17-12)10-7(13)3-2-4-8(10)14/h2-6,11,16H,1H3. The third-order valence-electron chi connectivity index (χ3n) is 2.48. The molecule has 0 spiro atoms. The number of benzene rings is 1. The predicted octanol–water partition coefficient (Wildman–Crippen LogP) is 5.13. The van der Waals surface area contributed by atoms with Crippen molar-refractivity contribution in [2.24, 2.45) is 0 Å². The van der Waals surface area contributed by atoms with Crippen molar-refractivity contribution in [1.82, 2.24) is 5.32 Å². The van der Waals surface area contributed by atoms with E-state index in [1.54, 1.807) is 11.3 Å². The lowest BCUT2D eigenvalue weighted by Crippen LogP contribution is -2.17. The van der Waals surface area contributed by atoms with Crippen molar-refractivity contribution in [3.8, 4) is 0 Å². The highest BCUT2D eigenvalue weighted by molar-refractivity contribution is 9.10. The molecular formula is C12H10BrCl2NS. The Morgan fingerprint density at radius 2 is 2.00 bits per heavy atom. The van der Waals surface area contributed by atoms with Crippen molar-refractivity contribution < 1.29 is 0 Å². The zero-order valence-corrected chi connectivity index (χ0v) is 12.9. The second-order valence-corrected chi connectivity index (χ2v) is 6.11. The Labute approximate surface area is 123 Å². The van der Waals surface area contributed by atoms with Crippen LogP contribution in [0.5, 0.6) is 0 Å². The number of rotatable bonds is 3. The minimum Gasteiger partial charge on any atom is -0.309 e. The average Bonchev–Trinajstić information content (AvgIpc) is 2.70. The van der Waals surface area contributed by atoms with Gasteiger partial charge in [0, 0.05) is 19.9 Å². The van der Waals surface area contributed by atoms with Crippen molar-refractivity contribution in [1.29, 1.82) is 0 Å². The van der Waals surface area contributed by atoms with E-state index >= 15 is 0 Å². The molecule has 0 amide bonds. The van der Waals surface area contributed by atoms with Gasteiger partial charge < -0.3 is 5.32 Å². The first-order valence-corrected chi connectivity index (χ1v) is 7.42. The lowest BCUT2D eigenvalue weighted by Gasteiger charge is -2.18. The average molecular weight is 351 g/mol. The van der Waals surface area contributed by atoms with Gasteiger partial charge >= 0.3 is 0 Å². The minimum absolute atomic E-state index is 0.00516. The van der Waals surface area contributed by atoms with Gasteiger partial charge in [0.05, 0.1) is 11.1 Å². The van der Waals surface area contributed by atoms with E-state index < -0.39 is 0 Å². The fraction of sp³-hybridized carbons (Fsp3) is 0.167. The van der Waals surface area contributed by atoms with Crippen LogP contribution in [0.3, 0.4) is 0 Å². The maximum Gasteiger partial charge on any atom is 0.0709 e. The van der Waals surface area contributed by atoms with Gasteiger partial charge in [-0.1, -0.05) is 45.2 Å². The van der Waals surface area contributed by atoms with Crippen LogP contribution in [0.1, 0.15) is 16.5 Å². The molecule has 1 unspecified atom stereocenters. The number of thiophene rings is 1. The zero-order chi connectivity index (χ0) is 12.4. The molecule has 1 atom stereocenters. The summed E-state index contributed by atoms with van der Waals surface area (Å²) in [6.45, 7) is 0. The summed E-state index contributed by atoms with van der Waals surface area (Å²) in [6.07, 6.45) is 0. The Kier molecular flexibility index (Phi) is 4.50. The molecule has 0 fully saturated rings. The van der Waals surface area contributed by atoms with Crippen LogP contribution >= 0.6 is 50.5 Å². The van der Waals surface area contributed by atoms with E-state index in [1.807, 2.05) is 36.7 Å². The molecule has 1 aromatic carbocycles. The van der Waals surface area contributed by atoms with E-state index in [2.05, 4.69) is 21.2 Å². The molecule has 0 radical (unpaired) electrons. The molecule has 1 N–H and O–H groups in total. The van der Waals surface area contributed by atoms with Crippen LogP contribution in [0.4, 0.5) is 0 Å². The van der Waals surface area contributed by atoms with Crippen LogP contribution in [0, 0.1) is 0 Å². The maximum atomic E-state index is 6.26. The molecule has 1 aromatic heterocycles. The van der Waals surface area contributed by atoms with Crippen LogP contribution in [-0.2, 0) is 0 Å². The van der Waals surface area contributed by atoms with Crippen LogP contribution < -0.4 is 5.32 Å². The van der Waals surface area contributed by atoms with Gasteiger partial charge in [0.25, 0.3) is 0 Å². The molecule has 0 saturated heterocycles. The second kappa shape index (κ2) is 5.72. The molecule has 17 heavy (non-hydrogen) atoms. The molecule has 0 aliphatic carbocycles. The first-order chi connectivity index (χ1) is 8.15. The predicted molar refractivity (Wildman–Crippen MR) is 79.4 cm³/mol. The highest BCUT2D eigenvalue weighted by Gasteiger charge is 2.21. The van der Waals surface area contributed by atoms with Gasteiger partial charge in [-0.3, -0.25) is 0 Å². The van der Waals surface area contributed by atoms with Crippen molar-refractivity contribution in [2.45, 2.75) is 6.04 Å². The van der Waals surface area contributed by atoms with E-state index in [0.29, 0.717) is 0 Å². The zero-order valence-electron chi connectivity index (χ0n) is 9.01. The van der Waals surface area contributed by atoms with Crippen molar-refractivity contribution in [2.75, 3.05) is 7.05 Å². The van der Waals surface area contributed by atoms with Crippen LogP contribution in [0.2, 0.25) is 10.0 Å². The molecule has 90 valence electrons. The Balaban J connectivity index is 2.53. The molecule has 0 aliphatic heterocycles. The molecule has 1 nitrogen and oxygen atoms in total. The van der Waals surface area contributed by atoms with E-state index in [1.165, 1.54) is 0 Å². The Morgan fingerprint density at radius 1 is 1.24 bits per heavy atom. The molecule has 0 saturated carbocycles. The van der Waals surface area contributed by atoms with Gasteiger partial charge in [-0.25, -0.2) is 0 Å². The van der Waals surface area contributed by atoms with E-state index in [-0.39, 0.29) is 6.04 Å². The maximum absolute atomic E-state index is 6.26. The summed E-state index contributed by atoms with van der Waals surface area (Å²) < 4.78 is 0.980.